The standard InChI is InChI=1S/C28H31FN2O3S/c1-3-20(2)31(27(32)17-21-9-5-4-6-10-21)18-28(33)30-15-13-26-22(14-16-35-26)24(30)19-34-25-12-8-7-11-23(25)29/h4-12,14,16,20,24H,3,13,15,17-19H2,1-2H3/t20-,24-/m0/s1. The Hall–Kier alpha value is -3.19. The molecule has 4 rings (SSSR count). The number of nitrogens with zero attached hydrogens (tertiary/aromatic N) is 2. The third-order valence-corrected chi connectivity index (χ3v) is 7.59. The van der Waals surface area contributed by atoms with Gasteiger partial charge in [-0.1, -0.05) is 49.4 Å². The second kappa shape index (κ2) is 11.5. The molecule has 184 valence electrons. The van der Waals surface area contributed by atoms with Gasteiger partial charge in [-0.2, -0.15) is 0 Å². The molecule has 0 N–H and O–H groups in total. The van der Waals surface area contributed by atoms with Crippen LogP contribution in [0.25, 0.3) is 0 Å². The lowest BCUT2D eigenvalue weighted by Gasteiger charge is -2.38. The summed E-state index contributed by atoms with van der Waals surface area (Å²) >= 11 is 1.66. The number of hydrogen-bond acceptors (Lipinski definition) is 4. The number of amides is 2. The molecule has 0 unspecified atom stereocenters. The minimum absolute atomic E-state index is 0.0103. The maximum atomic E-state index is 14.2. The lowest BCUT2D eigenvalue weighted by atomic mass is 10.00. The fraction of sp³-hybridized carbons (Fsp3) is 0.357. The van der Waals surface area contributed by atoms with Gasteiger partial charge in [0.2, 0.25) is 11.8 Å². The molecule has 2 aromatic carbocycles. The average molecular weight is 495 g/mol. The van der Waals surface area contributed by atoms with Crippen LogP contribution in [0.5, 0.6) is 5.75 Å². The lowest BCUT2D eigenvalue weighted by molar-refractivity contribution is -0.144. The van der Waals surface area contributed by atoms with E-state index in [0.29, 0.717) is 6.54 Å². The quantitative estimate of drug-likeness (QED) is 0.408. The van der Waals surface area contributed by atoms with Gasteiger partial charge in [0.05, 0.1) is 12.5 Å². The van der Waals surface area contributed by atoms with Gasteiger partial charge < -0.3 is 14.5 Å². The molecule has 0 saturated carbocycles. The Morgan fingerprint density at radius 2 is 1.89 bits per heavy atom. The Bertz CT molecular complexity index is 1150. The van der Waals surface area contributed by atoms with Crippen molar-refractivity contribution in [1.29, 1.82) is 0 Å². The first-order valence-electron chi connectivity index (χ1n) is 12.0. The second-order valence-corrected chi connectivity index (χ2v) is 9.84. The number of para-hydroxylation sites is 1. The van der Waals surface area contributed by atoms with Crippen molar-refractivity contribution in [1.82, 2.24) is 9.80 Å². The maximum absolute atomic E-state index is 14.2. The van der Waals surface area contributed by atoms with Gasteiger partial charge in [-0.3, -0.25) is 9.59 Å². The minimum Gasteiger partial charge on any atom is -0.488 e. The van der Waals surface area contributed by atoms with E-state index in [2.05, 4.69) is 0 Å². The number of hydrogen-bond donors (Lipinski definition) is 0. The first-order chi connectivity index (χ1) is 17.0. The number of thiophene rings is 1. The summed E-state index contributed by atoms with van der Waals surface area (Å²) in [5.74, 6) is -0.445. The molecule has 1 aromatic heterocycles. The molecule has 1 aliphatic rings. The molecule has 2 heterocycles. The molecule has 35 heavy (non-hydrogen) atoms. The van der Waals surface area contributed by atoms with Crippen LogP contribution in [0.3, 0.4) is 0 Å². The van der Waals surface area contributed by atoms with Crippen molar-refractivity contribution in [2.24, 2.45) is 0 Å². The molecule has 0 fully saturated rings. The summed E-state index contributed by atoms with van der Waals surface area (Å²) in [4.78, 5) is 31.5. The molecule has 0 aliphatic carbocycles. The molecule has 0 radical (unpaired) electrons. The number of carbonyl (C=O) groups excluding carboxylic acids is 2. The largest absolute Gasteiger partial charge is 0.488 e. The van der Waals surface area contributed by atoms with Crippen LogP contribution in [0.1, 0.15) is 42.3 Å². The number of carbonyl (C=O) groups is 2. The van der Waals surface area contributed by atoms with Crippen LogP contribution >= 0.6 is 11.3 Å². The summed E-state index contributed by atoms with van der Waals surface area (Å²) in [7, 11) is 0. The number of halogens is 1. The van der Waals surface area contributed by atoms with Gasteiger partial charge in [-0.15, -0.1) is 11.3 Å². The van der Waals surface area contributed by atoms with E-state index in [0.717, 1.165) is 24.0 Å². The Kier molecular flexibility index (Phi) is 8.18. The van der Waals surface area contributed by atoms with Gasteiger partial charge in [0, 0.05) is 17.5 Å². The Morgan fingerprint density at radius 1 is 1.14 bits per heavy atom. The molecular formula is C28H31FN2O3S. The molecule has 3 aromatic rings. The van der Waals surface area contributed by atoms with E-state index in [1.54, 1.807) is 39.3 Å². The fourth-order valence-electron chi connectivity index (χ4n) is 4.42. The zero-order chi connectivity index (χ0) is 24.8. The van der Waals surface area contributed by atoms with E-state index < -0.39 is 5.82 Å². The molecule has 0 spiro atoms. The van der Waals surface area contributed by atoms with E-state index >= 15 is 0 Å². The third kappa shape index (κ3) is 5.90. The molecule has 7 heteroatoms. The first kappa shape index (κ1) is 24.9. The van der Waals surface area contributed by atoms with Gasteiger partial charge in [-0.05, 0) is 54.5 Å². The van der Waals surface area contributed by atoms with Crippen LogP contribution < -0.4 is 4.74 Å². The molecule has 1 aliphatic heterocycles. The first-order valence-corrected chi connectivity index (χ1v) is 12.9. The molecule has 0 bridgehead atoms. The van der Waals surface area contributed by atoms with Crippen molar-refractivity contribution in [3.63, 3.8) is 0 Å². The molecule has 2 amide bonds. The second-order valence-electron chi connectivity index (χ2n) is 8.83. The Labute approximate surface area is 210 Å². The van der Waals surface area contributed by atoms with Crippen molar-refractivity contribution >= 4 is 23.2 Å². The van der Waals surface area contributed by atoms with E-state index in [1.165, 1.54) is 10.9 Å². The van der Waals surface area contributed by atoms with Crippen LogP contribution in [-0.2, 0) is 22.4 Å². The van der Waals surface area contributed by atoms with Gasteiger partial charge in [0.1, 0.15) is 13.2 Å². The van der Waals surface area contributed by atoms with Crippen LogP contribution in [0.2, 0.25) is 0 Å². The van der Waals surface area contributed by atoms with Crippen LogP contribution in [0.4, 0.5) is 4.39 Å². The Balaban J connectivity index is 1.51. The van der Waals surface area contributed by atoms with Crippen molar-refractivity contribution in [2.45, 2.75) is 45.2 Å². The van der Waals surface area contributed by atoms with Crippen LogP contribution in [0.15, 0.2) is 66.0 Å². The summed E-state index contributed by atoms with van der Waals surface area (Å²) in [5.41, 5.74) is 1.96. The number of ether oxygens (including phenoxy) is 1. The number of fused-ring (bicyclic) bond motifs is 1. The monoisotopic (exact) mass is 494 g/mol. The molecule has 2 atom stereocenters. The van der Waals surface area contributed by atoms with Crippen LogP contribution in [0, 0.1) is 5.82 Å². The predicted octanol–water partition coefficient (Wildman–Crippen LogP) is 5.26. The van der Waals surface area contributed by atoms with Crippen LogP contribution in [-0.4, -0.2) is 47.4 Å². The van der Waals surface area contributed by atoms with Crippen molar-refractivity contribution in [3.05, 3.63) is 87.9 Å². The number of benzene rings is 2. The van der Waals surface area contributed by atoms with E-state index in [4.69, 9.17) is 4.74 Å². The van der Waals surface area contributed by atoms with E-state index in [9.17, 15) is 14.0 Å². The third-order valence-electron chi connectivity index (χ3n) is 6.60. The van der Waals surface area contributed by atoms with Crippen molar-refractivity contribution in [2.75, 3.05) is 19.7 Å². The maximum Gasteiger partial charge on any atom is 0.242 e. The Morgan fingerprint density at radius 3 is 2.63 bits per heavy atom. The zero-order valence-electron chi connectivity index (χ0n) is 20.2. The van der Waals surface area contributed by atoms with Gasteiger partial charge >= 0.3 is 0 Å². The highest BCUT2D eigenvalue weighted by atomic mass is 32.1. The minimum atomic E-state index is -0.429. The summed E-state index contributed by atoms with van der Waals surface area (Å²) in [5, 5.41) is 2.02. The average Bonchev–Trinajstić information content (AvgIpc) is 3.36. The summed E-state index contributed by atoms with van der Waals surface area (Å²) in [6, 6.07) is 17.5. The summed E-state index contributed by atoms with van der Waals surface area (Å²) < 4.78 is 20.0. The van der Waals surface area contributed by atoms with Gasteiger partial charge in [0.15, 0.2) is 11.6 Å². The molecular weight excluding hydrogens is 463 g/mol. The highest BCUT2D eigenvalue weighted by molar-refractivity contribution is 7.10. The highest BCUT2D eigenvalue weighted by Crippen LogP contribution is 2.34. The van der Waals surface area contributed by atoms with Gasteiger partial charge in [-0.25, -0.2) is 4.39 Å². The van der Waals surface area contributed by atoms with Gasteiger partial charge in [0.25, 0.3) is 0 Å². The topological polar surface area (TPSA) is 49.9 Å². The fourth-order valence-corrected chi connectivity index (χ4v) is 5.35. The van der Waals surface area contributed by atoms with Crippen molar-refractivity contribution in [3.8, 4) is 5.75 Å². The smallest absolute Gasteiger partial charge is 0.242 e. The van der Waals surface area contributed by atoms with E-state index in [1.807, 2.05) is 55.6 Å². The summed E-state index contributed by atoms with van der Waals surface area (Å²) in [6.45, 7) is 4.69. The number of rotatable bonds is 9. The predicted molar refractivity (Wildman–Crippen MR) is 136 cm³/mol. The zero-order valence-corrected chi connectivity index (χ0v) is 21.0. The molecule has 5 nitrogen and oxygen atoms in total. The summed E-state index contributed by atoms with van der Waals surface area (Å²) in [6.07, 6.45) is 1.77. The SMILES string of the molecule is CC[C@H](C)N(CC(=O)N1CCc2sccc2[C@@H]1COc1ccccc1F)C(=O)Cc1ccccc1. The highest BCUT2D eigenvalue weighted by Gasteiger charge is 2.34. The molecule has 0 saturated heterocycles. The lowest BCUT2D eigenvalue weighted by Crippen LogP contribution is -2.50. The van der Waals surface area contributed by atoms with Crippen molar-refractivity contribution < 1.29 is 18.7 Å². The van der Waals surface area contributed by atoms with E-state index in [-0.39, 0.29) is 49.2 Å². The normalized spacial score (nSPS) is 15.9.